The molecule has 0 aliphatic heterocycles. The lowest BCUT2D eigenvalue weighted by Gasteiger charge is -1.88. The minimum absolute atomic E-state index is 0. The van der Waals surface area contributed by atoms with Crippen LogP contribution in [0.5, 0.6) is 0 Å². The van der Waals surface area contributed by atoms with Crippen LogP contribution in [-0.4, -0.2) is 57.2 Å². The molecule has 202 valence electrons. The number of rotatable bonds is 1. The maximum absolute atomic E-state index is 10.1. The highest BCUT2D eigenvalue weighted by Crippen LogP contribution is 1.99. The molecule has 16 heteroatoms. The molecule has 14 nitrogen and oxygen atoms in total. The molecule has 0 radical (unpaired) electrons. The molecular formula is C22H28ClN11O3S. The van der Waals surface area contributed by atoms with Crippen molar-refractivity contribution in [3.8, 4) is 0 Å². The van der Waals surface area contributed by atoms with Crippen LogP contribution in [0.3, 0.4) is 0 Å². The summed E-state index contributed by atoms with van der Waals surface area (Å²) in [4.78, 5) is 25.0. The molecule has 0 aromatic carbocycles. The summed E-state index contributed by atoms with van der Waals surface area (Å²) < 4.78 is 7.74. The van der Waals surface area contributed by atoms with Crippen LogP contribution >= 0.6 is 24.6 Å². The number of thiocarbonyl (C=S) groups is 1. The van der Waals surface area contributed by atoms with Gasteiger partial charge in [0, 0.05) is 18.6 Å². The predicted octanol–water partition coefficient (Wildman–Crippen LogP) is 3.01. The number of hydrogen-bond donors (Lipinski definition) is 4. The van der Waals surface area contributed by atoms with Crippen LogP contribution < -0.4 is 17.4 Å². The number of carbonyl (C=O) groups excluding carboxylic acids is 1. The molecule has 0 unspecified atom stereocenters. The molecular weight excluding hydrogens is 534 g/mol. The number of fused-ring (bicyclic) bond motifs is 2. The number of hydrogen-bond acceptors (Lipinski definition) is 12. The van der Waals surface area contributed by atoms with Gasteiger partial charge < -0.3 is 21.4 Å². The average molecular weight is 562 g/mol. The van der Waals surface area contributed by atoms with Crippen molar-refractivity contribution in [2.45, 2.75) is 13.8 Å². The van der Waals surface area contributed by atoms with Gasteiger partial charge in [0.25, 0.3) is 0 Å². The Morgan fingerprint density at radius 1 is 1.00 bits per heavy atom. The molecule has 0 saturated carbocycles. The molecule has 0 saturated heterocycles. The van der Waals surface area contributed by atoms with Crippen molar-refractivity contribution in [3.63, 3.8) is 0 Å². The van der Waals surface area contributed by atoms with E-state index >= 15 is 0 Å². The van der Waals surface area contributed by atoms with Crippen molar-refractivity contribution in [1.82, 2.24) is 34.2 Å². The smallest absolute Gasteiger partial charge is 0.442 e. The Kier molecular flexibility index (Phi) is 17.3. The highest BCUT2D eigenvalue weighted by Gasteiger charge is 1.95. The zero-order valence-electron chi connectivity index (χ0n) is 20.5. The molecule has 38 heavy (non-hydrogen) atoms. The first-order valence-electron chi connectivity index (χ1n) is 10.4. The Morgan fingerprint density at radius 3 is 2.03 bits per heavy atom. The highest BCUT2D eigenvalue weighted by molar-refractivity contribution is 7.78. The summed E-state index contributed by atoms with van der Waals surface area (Å²) in [6.45, 7) is 3.89. The molecule has 5 heterocycles. The van der Waals surface area contributed by atoms with Crippen molar-refractivity contribution in [3.05, 3.63) is 79.0 Å². The van der Waals surface area contributed by atoms with Gasteiger partial charge in [-0.25, -0.2) is 29.7 Å². The van der Waals surface area contributed by atoms with Gasteiger partial charge in [-0.15, -0.1) is 22.5 Å². The van der Waals surface area contributed by atoms with Crippen molar-refractivity contribution >= 4 is 58.9 Å². The first-order valence-corrected chi connectivity index (χ1v) is 10.9. The second kappa shape index (κ2) is 19.6. The van der Waals surface area contributed by atoms with Crippen LogP contribution in [0.1, 0.15) is 12.7 Å². The summed E-state index contributed by atoms with van der Waals surface area (Å²) in [5.41, 5.74) is 12.3. The van der Waals surface area contributed by atoms with E-state index in [4.69, 9.17) is 16.7 Å². The van der Waals surface area contributed by atoms with Crippen LogP contribution in [0, 0.1) is 6.92 Å². The molecule has 0 atom stereocenters. The zero-order chi connectivity index (χ0) is 27.5. The molecule has 0 aliphatic carbocycles. The van der Waals surface area contributed by atoms with Crippen molar-refractivity contribution in [2.24, 2.45) is 10.9 Å². The largest absolute Gasteiger partial charge is 0.448 e. The number of aliphatic imine (C=N–C) groups is 1. The van der Waals surface area contributed by atoms with Gasteiger partial charge >= 0.3 is 6.09 Å². The number of ether oxygens (including phenoxy) is 1. The standard InChI is InChI=1S/C7H7N3.C6H6N4.C5H6N2.C4H5NO2S.ClH.H3NO/c1-6-8-7-4-2-3-5-10(7)9-6;7-6-8-5-3-1-2-4-10(5)9-6;6-5-3-1-2-4-7-5;1-2-7-4(6)5-3-8;;1-2/h2-5H,1H3;1-4H,(H2,7,9);1-4H,(H2,6,7);2H2,1H3;1H;2H,1H2. The van der Waals surface area contributed by atoms with Gasteiger partial charge in [0.15, 0.2) is 11.3 Å². The molecule has 0 spiro atoms. The predicted molar refractivity (Wildman–Crippen MR) is 149 cm³/mol. The Bertz CT molecular complexity index is 1260. The number of isothiocyanates is 1. The number of amides is 1. The minimum Gasteiger partial charge on any atom is -0.448 e. The fourth-order valence-electron chi connectivity index (χ4n) is 2.36. The molecule has 0 bridgehead atoms. The van der Waals surface area contributed by atoms with Crippen LogP contribution in [0.2, 0.25) is 0 Å². The average Bonchev–Trinajstić information content (AvgIpc) is 3.47. The molecule has 5 rings (SSSR count). The Labute approximate surface area is 229 Å². The Balaban J connectivity index is 0.000000471. The lowest BCUT2D eigenvalue weighted by molar-refractivity contribution is 0.164. The number of nitrogens with zero attached hydrogens (tertiary/aromatic N) is 8. The van der Waals surface area contributed by atoms with Crippen LogP contribution in [0.25, 0.3) is 11.3 Å². The van der Waals surface area contributed by atoms with Crippen LogP contribution in [0.4, 0.5) is 16.6 Å². The van der Waals surface area contributed by atoms with E-state index < -0.39 is 6.09 Å². The van der Waals surface area contributed by atoms with Gasteiger partial charge in [0.1, 0.15) is 11.6 Å². The van der Waals surface area contributed by atoms with Gasteiger partial charge in [0.05, 0.1) is 11.8 Å². The second-order valence-electron chi connectivity index (χ2n) is 6.29. The van der Waals surface area contributed by atoms with Gasteiger partial charge in [0.2, 0.25) is 5.95 Å². The normalized spacial score (nSPS) is 8.74. The highest BCUT2D eigenvalue weighted by atomic mass is 35.5. The van der Waals surface area contributed by atoms with Crippen molar-refractivity contribution in [1.29, 1.82) is 0 Å². The number of aromatic nitrogens is 7. The number of pyridine rings is 3. The number of carbonyl (C=O) groups is 1. The first-order chi connectivity index (χ1) is 17.9. The fraction of sp³-hybridized carbons (Fsp3) is 0.136. The topological polar surface area (TPSA) is 210 Å². The lowest BCUT2D eigenvalue weighted by atomic mass is 10.5. The second-order valence-corrected chi connectivity index (χ2v) is 6.48. The number of anilines is 2. The summed E-state index contributed by atoms with van der Waals surface area (Å²) in [5, 5.41) is 16.4. The van der Waals surface area contributed by atoms with E-state index in [2.05, 4.69) is 53.0 Å². The van der Waals surface area contributed by atoms with E-state index in [-0.39, 0.29) is 12.4 Å². The van der Waals surface area contributed by atoms with Crippen molar-refractivity contribution < 1.29 is 14.7 Å². The molecule has 1 amide bonds. The van der Waals surface area contributed by atoms with Crippen molar-refractivity contribution in [2.75, 3.05) is 18.1 Å². The van der Waals surface area contributed by atoms with E-state index in [9.17, 15) is 4.79 Å². The van der Waals surface area contributed by atoms with E-state index in [0.29, 0.717) is 18.4 Å². The van der Waals surface area contributed by atoms with E-state index in [1.807, 2.05) is 66.8 Å². The number of nitrogens with two attached hydrogens (primary N) is 3. The minimum atomic E-state index is -0.678. The van der Waals surface area contributed by atoms with Crippen LogP contribution in [-0.2, 0) is 4.74 Å². The summed E-state index contributed by atoms with van der Waals surface area (Å²) in [7, 11) is 0. The third kappa shape index (κ3) is 13.0. The van der Waals surface area contributed by atoms with Gasteiger partial charge in [-0.05, 0) is 62.5 Å². The Morgan fingerprint density at radius 2 is 1.58 bits per heavy atom. The summed E-state index contributed by atoms with van der Waals surface area (Å²) >= 11 is 4.12. The van der Waals surface area contributed by atoms with E-state index in [1.165, 1.54) is 0 Å². The molecule has 7 N–H and O–H groups in total. The third-order valence-electron chi connectivity index (χ3n) is 3.70. The number of halogens is 1. The Hall–Kier alpha value is -4.53. The van der Waals surface area contributed by atoms with Gasteiger partial charge in [-0.2, -0.15) is 10.1 Å². The monoisotopic (exact) mass is 561 g/mol. The maximum Gasteiger partial charge on any atom is 0.442 e. The SMILES string of the molecule is CCOC(=O)N=C=S.Cc1nc2ccccn2n1.Cl.NO.Nc1ccccn1.Nc1nc2ccccn2n1. The maximum atomic E-state index is 10.1. The lowest BCUT2D eigenvalue weighted by Crippen LogP contribution is -1.95. The number of nitrogen functional groups attached to an aromatic ring is 2. The molecule has 0 aliphatic rings. The van der Waals surface area contributed by atoms with E-state index in [0.717, 1.165) is 17.1 Å². The summed E-state index contributed by atoms with van der Waals surface area (Å²) in [6.07, 6.45) is 4.67. The molecule has 0 fully saturated rings. The quantitative estimate of drug-likeness (QED) is 0.132. The summed E-state index contributed by atoms with van der Waals surface area (Å²) in [6, 6.07) is 16.9. The third-order valence-corrected chi connectivity index (χ3v) is 3.79. The summed E-state index contributed by atoms with van der Waals surface area (Å²) in [5.74, 6) is 5.19. The molecule has 5 aromatic rings. The van der Waals surface area contributed by atoms with Crippen LogP contribution in [0.15, 0.2) is 78.2 Å². The zero-order valence-corrected chi connectivity index (χ0v) is 22.2. The van der Waals surface area contributed by atoms with E-state index in [1.54, 1.807) is 34.4 Å². The van der Waals surface area contributed by atoms with Gasteiger partial charge in [-0.3, -0.25) is 0 Å². The molecule has 5 aromatic heterocycles. The number of aryl methyl sites for hydroxylation is 1. The first kappa shape index (κ1) is 33.5. The fourth-order valence-corrected chi connectivity index (χ4v) is 2.43. The van der Waals surface area contributed by atoms with Gasteiger partial charge in [-0.1, -0.05) is 18.2 Å².